The molecule has 11 heteroatoms. The van der Waals surface area contributed by atoms with Crippen LogP contribution in [0.5, 0.6) is 5.88 Å². The first-order valence-electron chi connectivity index (χ1n) is 11.0. The van der Waals surface area contributed by atoms with Crippen molar-refractivity contribution in [1.82, 2.24) is 25.2 Å². The van der Waals surface area contributed by atoms with Gasteiger partial charge in [-0.3, -0.25) is 14.7 Å². The molecule has 1 aliphatic carbocycles. The molecule has 2 fully saturated rings. The molecule has 0 radical (unpaired) electrons. The van der Waals surface area contributed by atoms with Crippen LogP contribution in [-0.4, -0.2) is 70.8 Å². The van der Waals surface area contributed by atoms with E-state index in [9.17, 15) is 4.79 Å². The Kier molecular flexibility index (Phi) is 7.02. The van der Waals surface area contributed by atoms with Crippen molar-refractivity contribution in [1.29, 1.82) is 0 Å². The van der Waals surface area contributed by atoms with Crippen LogP contribution in [-0.2, 0) is 0 Å². The van der Waals surface area contributed by atoms with Crippen LogP contribution in [0.15, 0.2) is 53.9 Å². The molecule has 2 aromatic heterocycles. The van der Waals surface area contributed by atoms with Crippen LogP contribution < -0.4 is 26.4 Å². The first kappa shape index (κ1) is 23.2. The summed E-state index contributed by atoms with van der Waals surface area (Å²) in [6, 6.07) is 6.70. The first-order valence-corrected chi connectivity index (χ1v) is 11.0. The molecular formula is C23H31N9O2. The number of likely N-dealkylation sites (tertiary alicyclic amines) is 1. The van der Waals surface area contributed by atoms with Gasteiger partial charge in [0.05, 0.1) is 5.70 Å². The fraction of sp³-hybridized carbons (Fsp3) is 0.348. The lowest BCUT2D eigenvalue weighted by Crippen LogP contribution is -2.25. The number of anilines is 3. The Labute approximate surface area is 199 Å². The average Bonchev–Trinajstić information content (AvgIpc) is 3.22. The van der Waals surface area contributed by atoms with Gasteiger partial charge in [-0.05, 0) is 13.1 Å². The standard InChI is InChI=1S/C23H29N9O2.H2/c1-4-8-26-22(33)16-13-27-23(28-14(11-24)12-25-2)31-21(16)30-19-6-5-7-20(29-19)34-15-9-17-18(10-15)32(17)3;/h4-7,11-13,15,17-18H,1,8-10,24H2,2-3H3,(H,26,33)(H2,27,28,29,30,31);1H/b14-11+,25-12?;. The highest BCUT2D eigenvalue weighted by Crippen LogP contribution is 2.42. The Bertz CT molecular complexity index is 1110. The quantitative estimate of drug-likeness (QED) is 0.235. The third-order valence-corrected chi connectivity index (χ3v) is 5.81. The van der Waals surface area contributed by atoms with Crippen LogP contribution in [0.2, 0.25) is 0 Å². The second-order valence-electron chi connectivity index (χ2n) is 8.09. The minimum atomic E-state index is -0.347. The van der Waals surface area contributed by atoms with Crippen LogP contribution >= 0.6 is 0 Å². The van der Waals surface area contributed by atoms with Crippen molar-refractivity contribution < 1.29 is 11.0 Å². The summed E-state index contributed by atoms with van der Waals surface area (Å²) in [6.45, 7) is 3.94. The van der Waals surface area contributed by atoms with E-state index in [0.29, 0.717) is 36.0 Å². The number of piperidine rings is 1. The van der Waals surface area contributed by atoms with Gasteiger partial charge >= 0.3 is 0 Å². The van der Waals surface area contributed by atoms with E-state index in [1.807, 2.05) is 12.1 Å². The fourth-order valence-corrected chi connectivity index (χ4v) is 4.04. The molecule has 2 unspecified atom stereocenters. The molecule has 0 bridgehead atoms. The van der Waals surface area contributed by atoms with Crippen molar-refractivity contribution in [2.75, 3.05) is 31.3 Å². The molecule has 34 heavy (non-hydrogen) atoms. The maximum Gasteiger partial charge on any atom is 0.256 e. The number of fused-ring (bicyclic) bond motifs is 1. The zero-order valence-electron chi connectivity index (χ0n) is 19.2. The highest BCUT2D eigenvalue weighted by molar-refractivity contribution is 5.99. The van der Waals surface area contributed by atoms with E-state index in [1.54, 1.807) is 19.2 Å². The Morgan fingerprint density at radius 2 is 2.18 bits per heavy atom. The van der Waals surface area contributed by atoms with Gasteiger partial charge in [0, 0.05) is 64.6 Å². The Morgan fingerprint density at radius 3 is 2.88 bits per heavy atom. The summed E-state index contributed by atoms with van der Waals surface area (Å²) >= 11 is 0. The van der Waals surface area contributed by atoms with Crippen LogP contribution in [0.4, 0.5) is 17.6 Å². The Hall–Kier alpha value is -3.99. The van der Waals surface area contributed by atoms with Gasteiger partial charge in [0.2, 0.25) is 11.8 Å². The summed E-state index contributed by atoms with van der Waals surface area (Å²) in [5.74, 6) is 1.18. The van der Waals surface area contributed by atoms with Crippen molar-refractivity contribution in [2.45, 2.75) is 31.0 Å². The minimum absolute atomic E-state index is 0. The number of carbonyl (C=O) groups is 1. The van der Waals surface area contributed by atoms with Gasteiger partial charge in [-0.25, -0.2) is 4.98 Å². The molecule has 2 aromatic rings. The highest BCUT2D eigenvalue weighted by atomic mass is 16.5. The van der Waals surface area contributed by atoms with Crippen molar-refractivity contribution in [3.8, 4) is 5.88 Å². The highest BCUT2D eigenvalue weighted by Gasteiger charge is 2.52. The number of nitrogens with one attached hydrogen (secondary N) is 3. The number of carbonyl (C=O) groups excluding carboxylic acids is 1. The summed E-state index contributed by atoms with van der Waals surface area (Å²) in [5, 5.41) is 8.83. The van der Waals surface area contributed by atoms with E-state index < -0.39 is 0 Å². The third-order valence-electron chi connectivity index (χ3n) is 5.81. The topological polar surface area (TPSA) is 142 Å². The molecular weight excluding hydrogens is 434 g/mol. The molecule has 180 valence electrons. The number of hydrogen-bond donors (Lipinski definition) is 4. The number of amides is 1. The molecule has 5 N–H and O–H groups in total. The average molecular weight is 466 g/mol. The number of ether oxygens (including phenoxy) is 1. The number of aromatic nitrogens is 3. The number of likely N-dealkylation sites (N-methyl/N-ethyl adjacent to an activating group) is 1. The minimum Gasteiger partial charge on any atom is -0.474 e. The normalized spacial score (nSPS) is 23.3. The maximum atomic E-state index is 12.7. The van der Waals surface area contributed by atoms with Crippen LogP contribution in [0.1, 0.15) is 24.6 Å². The molecule has 1 aliphatic heterocycles. The summed E-state index contributed by atoms with van der Waals surface area (Å²) in [6.07, 6.45) is 8.08. The SMILES string of the molecule is C=CCNC(=O)c1cnc(N/C(C=NC)=C/N)nc1Nc1cccc(OC2CC3C(C2)N3C)n1.[HH]. The molecule has 1 saturated carbocycles. The van der Waals surface area contributed by atoms with Crippen molar-refractivity contribution >= 4 is 29.7 Å². The fourth-order valence-electron chi connectivity index (χ4n) is 4.04. The number of hydrogen-bond acceptors (Lipinski definition) is 10. The lowest BCUT2D eigenvalue weighted by Gasteiger charge is -2.17. The van der Waals surface area contributed by atoms with Gasteiger partial charge in [0.1, 0.15) is 23.3 Å². The molecule has 0 aromatic carbocycles. The maximum absolute atomic E-state index is 12.7. The number of nitrogens with zero attached hydrogens (tertiary/aromatic N) is 5. The summed E-state index contributed by atoms with van der Waals surface area (Å²) in [7, 11) is 3.77. The van der Waals surface area contributed by atoms with Crippen LogP contribution in [0, 0.1) is 0 Å². The van der Waals surface area contributed by atoms with Gasteiger partial charge in [0.15, 0.2) is 0 Å². The molecule has 3 heterocycles. The second-order valence-corrected chi connectivity index (χ2v) is 8.09. The zero-order chi connectivity index (χ0) is 24.1. The Morgan fingerprint density at radius 1 is 1.38 bits per heavy atom. The second kappa shape index (κ2) is 10.3. The van der Waals surface area contributed by atoms with Crippen molar-refractivity contribution in [3.63, 3.8) is 0 Å². The largest absolute Gasteiger partial charge is 0.474 e. The first-order chi connectivity index (χ1) is 16.5. The van der Waals surface area contributed by atoms with E-state index in [1.165, 1.54) is 18.6 Å². The molecule has 2 aliphatic rings. The van der Waals surface area contributed by atoms with Gasteiger partial charge in [-0.1, -0.05) is 12.1 Å². The summed E-state index contributed by atoms with van der Waals surface area (Å²) in [4.78, 5) is 32.2. The zero-order valence-corrected chi connectivity index (χ0v) is 19.2. The number of nitrogens with two attached hydrogens (primary N) is 1. The lowest BCUT2D eigenvalue weighted by atomic mass is 10.2. The molecule has 1 amide bonds. The predicted octanol–water partition coefficient (Wildman–Crippen LogP) is 1.91. The van der Waals surface area contributed by atoms with Crippen molar-refractivity contribution in [3.05, 3.63) is 54.5 Å². The van der Waals surface area contributed by atoms with E-state index in [0.717, 1.165) is 12.8 Å². The summed E-state index contributed by atoms with van der Waals surface area (Å²) < 4.78 is 6.10. The monoisotopic (exact) mass is 465 g/mol. The molecule has 4 rings (SSSR count). The molecule has 1 saturated heterocycles. The third kappa shape index (κ3) is 5.31. The smallest absolute Gasteiger partial charge is 0.256 e. The van der Waals surface area contributed by atoms with E-state index >= 15 is 0 Å². The Balaban J connectivity index is 0.00000342. The van der Waals surface area contributed by atoms with Crippen molar-refractivity contribution in [2.24, 2.45) is 10.7 Å². The number of aliphatic imine (C=N–C) groups is 1. The molecule has 2 atom stereocenters. The van der Waals surface area contributed by atoms with Gasteiger partial charge in [-0.2, -0.15) is 9.97 Å². The van der Waals surface area contributed by atoms with Crippen LogP contribution in [0.25, 0.3) is 0 Å². The molecule has 0 spiro atoms. The van der Waals surface area contributed by atoms with Gasteiger partial charge < -0.3 is 26.4 Å². The number of pyridine rings is 1. The van der Waals surface area contributed by atoms with E-state index in [2.05, 4.69) is 54.4 Å². The van der Waals surface area contributed by atoms with Gasteiger partial charge in [-0.15, -0.1) is 6.58 Å². The number of rotatable bonds is 10. The van der Waals surface area contributed by atoms with E-state index in [4.69, 9.17) is 10.5 Å². The lowest BCUT2D eigenvalue weighted by molar-refractivity contribution is 0.0958. The van der Waals surface area contributed by atoms with Gasteiger partial charge in [0.25, 0.3) is 5.91 Å². The number of allylic oxidation sites excluding steroid dienone is 1. The van der Waals surface area contributed by atoms with E-state index in [-0.39, 0.29) is 30.8 Å². The molecule has 11 nitrogen and oxygen atoms in total. The van der Waals surface area contributed by atoms with Crippen LogP contribution in [0.3, 0.4) is 0 Å². The summed E-state index contributed by atoms with van der Waals surface area (Å²) in [5.41, 5.74) is 6.37. The predicted molar refractivity (Wildman–Crippen MR) is 133 cm³/mol.